The van der Waals surface area contributed by atoms with Crippen LogP contribution in [0.3, 0.4) is 0 Å². The lowest BCUT2D eigenvalue weighted by Crippen LogP contribution is -2.57. The maximum atomic E-state index is 12.1. The Balaban J connectivity index is 2.12. The lowest BCUT2D eigenvalue weighted by Gasteiger charge is -2.34. The summed E-state index contributed by atoms with van der Waals surface area (Å²) in [6, 6.07) is 8.21. The lowest BCUT2D eigenvalue weighted by molar-refractivity contribution is -0.114. The summed E-state index contributed by atoms with van der Waals surface area (Å²) >= 11 is 6.44. The number of hydrazine groups is 1. The zero-order valence-electron chi connectivity index (χ0n) is 11.1. The molecule has 2 rings (SSSR count). The van der Waals surface area contributed by atoms with Gasteiger partial charge < -0.3 is 5.32 Å². The summed E-state index contributed by atoms with van der Waals surface area (Å²) in [6.45, 7) is 3.72. The van der Waals surface area contributed by atoms with Crippen molar-refractivity contribution in [1.82, 2.24) is 10.1 Å². The van der Waals surface area contributed by atoms with Crippen LogP contribution in [0.15, 0.2) is 30.3 Å². The molecule has 1 aliphatic rings. The minimum Gasteiger partial charge on any atom is -0.306 e. The third kappa shape index (κ3) is 2.88. The number of carbonyl (C=O) groups excluding carboxylic acids is 1. The van der Waals surface area contributed by atoms with Crippen LogP contribution in [0.5, 0.6) is 0 Å². The SMILES string of the molecule is CC1(C)SC(=S)N(N)[C@H]1N(O)C(=O)Nc1ccccc1. The van der Waals surface area contributed by atoms with Gasteiger partial charge in [0.15, 0.2) is 10.5 Å². The maximum absolute atomic E-state index is 12.1. The van der Waals surface area contributed by atoms with Gasteiger partial charge in [0.2, 0.25) is 0 Å². The molecule has 0 aliphatic carbocycles. The highest BCUT2D eigenvalue weighted by Gasteiger charge is 2.48. The van der Waals surface area contributed by atoms with Crippen LogP contribution in [0, 0.1) is 0 Å². The molecule has 2 amide bonds. The van der Waals surface area contributed by atoms with E-state index in [0.717, 1.165) is 0 Å². The molecule has 108 valence electrons. The quantitative estimate of drug-likeness (QED) is 0.336. The van der Waals surface area contributed by atoms with Crippen molar-refractivity contribution in [2.75, 3.05) is 5.32 Å². The Morgan fingerprint density at radius 3 is 2.60 bits per heavy atom. The van der Waals surface area contributed by atoms with Crippen molar-refractivity contribution in [2.24, 2.45) is 5.84 Å². The van der Waals surface area contributed by atoms with Gasteiger partial charge in [-0.05, 0) is 26.0 Å². The molecule has 20 heavy (non-hydrogen) atoms. The molecule has 4 N–H and O–H groups in total. The summed E-state index contributed by atoms with van der Waals surface area (Å²) in [4.78, 5) is 12.1. The van der Waals surface area contributed by atoms with E-state index in [-0.39, 0.29) is 0 Å². The number of nitrogens with zero attached hydrogens (tertiary/aromatic N) is 2. The summed E-state index contributed by atoms with van der Waals surface area (Å²) in [6.07, 6.45) is -0.733. The predicted molar refractivity (Wildman–Crippen MR) is 83.2 cm³/mol. The van der Waals surface area contributed by atoms with Crippen LogP contribution in [0.25, 0.3) is 0 Å². The molecule has 0 bridgehead atoms. The number of carbonyl (C=O) groups is 1. The van der Waals surface area contributed by atoms with E-state index in [1.165, 1.54) is 16.8 Å². The molecular formula is C12H16N4O2S2. The van der Waals surface area contributed by atoms with Crippen molar-refractivity contribution >= 4 is 40.0 Å². The van der Waals surface area contributed by atoms with Gasteiger partial charge in [0, 0.05) is 5.69 Å². The minimum atomic E-state index is -0.733. The highest BCUT2D eigenvalue weighted by atomic mass is 32.2. The molecule has 1 aromatic carbocycles. The number of thiocarbonyl (C=S) groups is 1. The van der Waals surface area contributed by atoms with Gasteiger partial charge >= 0.3 is 6.03 Å². The van der Waals surface area contributed by atoms with E-state index in [2.05, 4.69) is 5.32 Å². The second kappa shape index (κ2) is 5.57. The van der Waals surface area contributed by atoms with E-state index >= 15 is 0 Å². The molecule has 0 spiro atoms. The first kappa shape index (κ1) is 15.0. The van der Waals surface area contributed by atoms with Crippen molar-refractivity contribution in [3.8, 4) is 0 Å². The van der Waals surface area contributed by atoms with Gasteiger partial charge in [-0.2, -0.15) is 5.06 Å². The summed E-state index contributed by atoms with van der Waals surface area (Å²) in [5.41, 5.74) is 0.589. The van der Waals surface area contributed by atoms with Gasteiger partial charge in [0.1, 0.15) is 0 Å². The van der Waals surface area contributed by atoms with E-state index in [0.29, 0.717) is 15.1 Å². The Morgan fingerprint density at radius 2 is 2.10 bits per heavy atom. The number of benzene rings is 1. The van der Waals surface area contributed by atoms with Crippen molar-refractivity contribution in [3.05, 3.63) is 30.3 Å². The highest BCUT2D eigenvalue weighted by molar-refractivity contribution is 8.24. The van der Waals surface area contributed by atoms with Crippen LogP contribution >= 0.6 is 24.0 Å². The number of anilines is 1. The molecule has 8 heteroatoms. The van der Waals surface area contributed by atoms with E-state index in [4.69, 9.17) is 18.1 Å². The van der Waals surface area contributed by atoms with Crippen LogP contribution in [-0.2, 0) is 0 Å². The molecule has 1 atom stereocenters. The Kier molecular flexibility index (Phi) is 4.19. The lowest BCUT2D eigenvalue weighted by atomic mass is 10.1. The fraction of sp³-hybridized carbons (Fsp3) is 0.333. The minimum absolute atomic E-state index is 0.437. The summed E-state index contributed by atoms with van der Waals surface area (Å²) in [7, 11) is 0. The van der Waals surface area contributed by atoms with Crippen molar-refractivity contribution < 1.29 is 10.0 Å². The second-order valence-corrected chi connectivity index (χ2v) is 7.18. The molecule has 1 saturated heterocycles. The standard InChI is InChI=1S/C12H16N4O2S2/c1-12(2)9(15(13)11(19)20-12)16(18)10(17)14-8-6-4-3-5-7-8/h3-7,9,18H,13H2,1-2H3,(H,14,17)/t9-/m0/s1. The first-order valence-electron chi connectivity index (χ1n) is 5.94. The number of thioether (sulfide) groups is 1. The third-order valence-electron chi connectivity index (χ3n) is 2.91. The molecule has 0 radical (unpaired) electrons. The second-order valence-electron chi connectivity index (χ2n) is 4.89. The van der Waals surface area contributed by atoms with Crippen LogP contribution < -0.4 is 11.2 Å². The van der Waals surface area contributed by atoms with Gasteiger partial charge in [-0.15, -0.1) is 0 Å². The number of hydrogen-bond acceptors (Lipinski definition) is 5. The number of nitrogens with two attached hydrogens (primary N) is 1. The molecule has 0 saturated carbocycles. The normalized spacial score (nSPS) is 20.9. The largest absolute Gasteiger partial charge is 0.347 e. The fourth-order valence-corrected chi connectivity index (χ4v) is 3.71. The van der Waals surface area contributed by atoms with Crippen molar-refractivity contribution in [3.63, 3.8) is 0 Å². The summed E-state index contributed by atoms with van der Waals surface area (Å²) in [5.74, 6) is 5.82. The predicted octanol–water partition coefficient (Wildman–Crippen LogP) is 2.22. The molecule has 1 fully saturated rings. The van der Waals surface area contributed by atoms with Crippen LogP contribution in [-0.4, -0.2) is 36.5 Å². The number of para-hydroxylation sites is 1. The number of hydrogen-bond donors (Lipinski definition) is 3. The third-order valence-corrected chi connectivity index (χ3v) is 4.49. The molecule has 1 aromatic rings. The van der Waals surface area contributed by atoms with Crippen molar-refractivity contribution in [2.45, 2.75) is 24.8 Å². The van der Waals surface area contributed by atoms with E-state index < -0.39 is 16.9 Å². The first-order chi connectivity index (χ1) is 9.33. The molecule has 0 unspecified atom stereocenters. The molecular weight excluding hydrogens is 296 g/mol. The fourth-order valence-electron chi connectivity index (χ4n) is 1.99. The van der Waals surface area contributed by atoms with Gasteiger partial charge in [-0.3, -0.25) is 10.2 Å². The average molecular weight is 312 g/mol. The topological polar surface area (TPSA) is 81.8 Å². The van der Waals surface area contributed by atoms with E-state index in [1.54, 1.807) is 24.3 Å². The van der Waals surface area contributed by atoms with E-state index in [1.807, 2.05) is 19.9 Å². The monoisotopic (exact) mass is 312 g/mol. The molecule has 6 nitrogen and oxygen atoms in total. The summed E-state index contributed by atoms with van der Waals surface area (Å²) < 4.78 is -0.0687. The Labute approximate surface area is 126 Å². The van der Waals surface area contributed by atoms with E-state index in [9.17, 15) is 10.0 Å². The van der Waals surface area contributed by atoms with Gasteiger partial charge in [-0.25, -0.2) is 10.6 Å². The summed E-state index contributed by atoms with van der Waals surface area (Å²) in [5, 5.41) is 14.5. The molecule has 1 heterocycles. The van der Waals surface area contributed by atoms with Crippen LogP contribution in [0.1, 0.15) is 13.8 Å². The Morgan fingerprint density at radius 1 is 1.50 bits per heavy atom. The zero-order valence-corrected chi connectivity index (χ0v) is 12.7. The zero-order chi connectivity index (χ0) is 14.9. The van der Waals surface area contributed by atoms with Crippen LogP contribution in [0.4, 0.5) is 10.5 Å². The molecule has 1 aliphatic heterocycles. The first-order valence-corrected chi connectivity index (χ1v) is 7.16. The number of nitrogens with one attached hydrogen (secondary N) is 1. The number of urea groups is 1. The average Bonchev–Trinajstić information content (AvgIpc) is 2.58. The van der Waals surface area contributed by atoms with Crippen LogP contribution in [0.2, 0.25) is 0 Å². The number of amides is 2. The molecule has 0 aromatic heterocycles. The smallest absolute Gasteiger partial charge is 0.306 e. The number of hydroxylamine groups is 2. The van der Waals surface area contributed by atoms with Gasteiger partial charge in [-0.1, -0.05) is 42.2 Å². The highest BCUT2D eigenvalue weighted by Crippen LogP contribution is 2.40. The Bertz CT molecular complexity index is 523. The Hall–Kier alpha value is -1.35. The van der Waals surface area contributed by atoms with Gasteiger partial charge in [0.05, 0.1) is 4.75 Å². The van der Waals surface area contributed by atoms with Crippen molar-refractivity contribution in [1.29, 1.82) is 0 Å². The maximum Gasteiger partial charge on any atom is 0.347 e. The number of rotatable bonds is 2. The van der Waals surface area contributed by atoms with Gasteiger partial charge in [0.25, 0.3) is 0 Å².